The van der Waals surface area contributed by atoms with E-state index in [1.165, 1.54) is 18.4 Å². The summed E-state index contributed by atoms with van der Waals surface area (Å²) in [6.07, 6.45) is 3.49. The minimum Gasteiger partial charge on any atom is -0.381 e. The summed E-state index contributed by atoms with van der Waals surface area (Å²) in [5.74, 6) is 0.799. The Morgan fingerprint density at radius 3 is 2.69 bits per heavy atom. The predicted molar refractivity (Wildman–Crippen MR) is 105 cm³/mol. The lowest BCUT2D eigenvalue weighted by Gasteiger charge is -2.19. The molecule has 0 radical (unpaired) electrons. The molecule has 1 amide bonds. The summed E-state index contributed by atoms with van der Waals surface area (Å²) in [7, 11) is 0. The Balaban J connectivity index is 1.56. The topological polar surface area (TPSA) is 43.3 Å². The Morgan fingerprint density at radius 1 is 1.27 bits per heavy atom. The lowest BCUT2D eigenvalue weighted by Crippen LogP contribution is -2.26. The fourth-order valence-corrected chi connectivity index (χ4v) is 3.49. The molecule has 3 rings (SSSR count). The summed E-state index contributed by atoms with van der Waals surface area (Å²) >= 11 is 0. The number of hydrogen-bond acceptors (Lipinski definition) is 2. The molecule has 1 aromatic heterocycles. The zero-order valence-corrected chi connectivity index (χ0v) is 16.1. The molecule has 4 nitrogen and oxygen atoms in total. The SMILES string of the molecule is Cc1cc(C(=O)NCCCOCC2CC2)c(C)n1C(C)c1ccccc1. The van der Waals surface area contributed by atoms with Crippen LogP contribution in [0.1, 0.15) is 59.5 Å². The summed E-state index contributed by atoms with van der Waals surface area (Å²) in [6.45, 7) is 8.53. The van der Waals surface area contributed by atoms with Crippen LogP contribution in [0.3, 0.4) is 0 Å². The highest BCUT2D eigenvalue weighted by atomic mass is 16.5. The molecule has 0 bridgehead atoms. The van der Waals surface area contributed by atoms with Crippen molar-refractivity contribution in [2.45, 2.75) is 46.1 Å². The summed E-state index contributed by atoms with van der Waals surface area (Å²) in [5.41, 5.74) is 4.14. The Bertz CT molecular complexity index is 732. The van der Waals surface area contributed by atoms with Crippen LogP contribution >= 0.6 is 0 Å². The van der Waals surface area contributed by atoms with E-state index in [0.29, 0.717) is 6.54 Å². The van der Waals surface area contributed by atoms with Gasteiger partial charge in [-0.15, -0.1) is 0 Å². The van der Waals surface area contributed by atoms with Gasteiger partial charge in [-0.05, 0) is 57.6 Å². The fourth-order valence-electron chi connectivity index (χ4n) is 3.49. The first-order chi connectivity index (χ1) is 12.6. The second-order valence-electron chi connectivity index (χ2n) is 7.37. The number of nitrogens with zero attached hydrogens (tertiary/aromatic N) is 1. The van der Waals surface area contributed by atoms with Crippen molar-refractivity contribution in [1.82, 2.24) is 9.88 Å². The van der Waals surface area contributed by atoms with Crippen molar-refractivity contribution in [3.63, 3.8) is 0 Å². The molecule has 1 atom stereocenters. The average Bonchev–Trinajstić information content (AvgIpc) is 3.42. The Hall–Kier alpha value is -2.07. The van der Waals surface area contributed by atoms with Gasteiger partial charge in [0.05, 0.1) is 11.6 Å². The smallest absolute Gasteiger partial charge is 0.253 e. The maximum Gasteiger partial charge on any atom is 0.253 e. The minimum atomic E-state index is 0.00630. The summed E-state index contributed by atoms with van der Waals surface area (Å²) in [6, 6.07) is 12.6. The van der Waals surface area contributed by atoms with Crippen LogP contribution in [0.25, 0.3) is 0 Å². The third-order valence-electron chi connectivity index (χ3n) is 5.20. The van der Waals surface area contributed by atoms with E-state index in [9.17, 15) is 4.79 Å². The van der Waals surface area contributed by atoms with Crippen LogP contribution in [0.5, 0.6) is 0 Å². The van der Waals surface area contributed by atoms with Crippen molar-refractivity contribution in [3.8, 4) is 0 Å². The molecule has 26 heavy (non-hydrogen) atoms. The number of ether oxygens (including phenoxy) is 1. The maximum absolute atomic E-state index is 12.6. The molecule has 0 saturated heterocycles. The van der Waals surface area contributed by atoms with Crippen molar-refractivity contribution >= 4 is 5.91 Å². The molecule has 1 unspecified atom stereocenters. The largest absolute Gasteiger partial charge is 0.381 e. The van der Waals surface area contributed by atoms with Gasteiger partial charge in [-0.3, -0.25) is 4.79 Å². The molecule has 4 heteroatoms. The van der Waals surface area contributed by atoms with Crippen LogP contribution in [0.4, 0.5) is 0 Å². The first-order valence-corrected chi connectivity index (χ1v) is 9.67. The fraction of sp³-hybridized carbons (Fsp3) is 0.500. The van der Waals surface area contributed by atoms with Gasteiger partial charge in [0.15, 0.2) is 0 Å². The molecule has 1 fully saturated rings. The molecule has 1 aliphatic carbocycles. The van der Waals surface area contributed by atoms with Gasteiger partial charge >= 0.3 is 0 Å². The predicted octanol–water partition coefficient (Wildman–Crippen LogP) is 4.26. The van der Waals surface area contributed by atoms with Crippen LogP contribution in [0, 0.1) is 19.8 Å². The number of nitrogens with one attached hydrogen (secondary N) is 1. The van der Waals surface area contributed by atoms with Gasteiger partial charge in [-0.1, -0.05) is 30.3 Å². The lowest BCUT2D eigenvalue weighted by atomic mass is 10.1. The van der Waals surface area contributed by atoms with E-state index in [1.807, 2.05) is 19.1 Å². The minimum absolute atomic E-state index is 0.00630. The van der Waals surface area contributed by atoms with Gasteiger partial charge in [0.2, 0.25) is 0 Å². The molecule has 0 aliphatic heterocycles. The molecule has 2 aromatic rings. The van der Waals surface area contributed by atoms with Crippen molar-refractivity contribution in [1.29, 1.82) is 0 Å². The monoisotopic (exact) mass is 354 g/mol. The molecule has 0 spiro atoms. The molecule has 140 valence electrons. The van der Waals surface area contributed by atoms with Crippen LogP contribution in [0.2, 0.25) is 0 Å². The van der Waals surface area contributed by atoms with Gasteiger partial charge in [0.25, 0.3) is 5.91 Å². The highest BCUT2D eigenvalue weighted by molar-refractivity contribution is 5.95. The number of benzene rings is 1. The number of rotatable bonds is 9. The van der Waals surface area contributed by atoms with Gasteiger partial charge in [-0.25, -0.2) is 0 Å². The van der Waals surface area contributed by atoms with Crippen LogP contribution in [-0.2, 0) is 4.74 Å². The Kier molecular flexibility index (Phi) is 6.15. The zero-order valence-electron chi connectivity index (χ0n) is 16.1. The number of aryl methyl sites for hydroxylation is 1. The second-order valence-corrected chi connectivity index (χ2v) is 7.37. The third-order valence-corrected chi connectivity index (χ3v) is 5.20. The van der Waals surface area contributed by atoms with Crippen LogP contribution < -0.4 is 5.32 Å². The van der Waals surface area contributed by atoms with Crippen molar-refractivity contribution < 1.29 is 9.53 Å². The number of carbonyl (C=O) groups is 1. The van der Waals surface area contributed by atoms with Crippen LogP contribution in [0.15, 0.2) is 36.4 Å². The molecule has 1 N–H and O–H groups in total. The first-order valence-electron chi connectivity index (χ1n) is 9.67. The van der Waals surface area contributed by atoms with E-state index >= 15 is 0 Å². The van der Waals surface area contributed by atoms with Gasteiger partial charge in [0.1, 0.15) is 0 Å². The highest BCUT2D eigenvalue weighted by Gasteiger charge is 2.21. The normalized spacial score (nSPS) is 15.0. The zero-order chi connectivity index (χ0) is 18.5. The van der Waals surface area contributed by atoms with Gasteiger partial charge in [0, 0.05) is 31.1 Å². The standard InChI is InChI=1S/C22H30N2O2/c1-16-14-21(22(25)23-12-7-13-26-15-19-10-11-19)18(3)24(16)17(2)20-8-5-4-6-9-20/h4-6,8-9,14,17,19H,7,10-13,15H2,1-3H3,(H,23,25). The third kappa shape index (κ3) is 4.55. The lowest BCUT2D eigenvalue weighted by molar-refractivity contribution is 0.0936. The maximum atomic E-state index is 12.6. The number of aromatic nitrogens is 1. The Morgan fingerprint density at radius 2 is 2.00 bits per heavy atom. The summed E-state index contributed by atoms with van der Waals surface area (Å²) in [5, 5.41) is 3.03. The van der Waals surface area contributed by atoms with E-state index < -0.39 is 0 Å². The second kappa shape index (κ2) is 8.54. The molecule has 1 saturated carbocycles. The van der Waals surface area contributed by atoms with Gasteiger partial charge in [-0.2, -0.15) is 0 Å². The number of hydrogen-bond donors (Lipinski definition) is 1. The van der Waals surface area contributed by atoms with Crippen molar-refractivity contribution in [3.05, 3.63) is 58.9 Å². The number of carbonyl (C=O) groups excluding carboxylic acids is 1. The highest BCUT2D eigenvalue weighted by Crippen LogP contribution is 2.28. The van der Waals surface area contributed by atoms with E-state index in [2.05, 4.69) is 48.0 Å². The summed E-state index contributed by atoms with van der Waals surface area (Å²) in [4.78, 5) is 12.6. The molecule has 1 aliphatic rings. The number of amides is 1. The first kappa shape index (κ1) is 18.7. The Labute approximate surface area is 156 Å². The van der Waals surface area contributed by atoms with E-state index in [4.69, 9.17) is 4.74 Å². The molecular formula is C22H30N2O2. The average molecular weight is 354 g/mol. The van der Waals surface area contributed by atoms with Crippen LogP contribution in [-0.4, -0.2) is 30.2 Å². The summed E-state index contributed by atoms with van der Waals surface area (Å²) < 4.78 is 7.86. The van der Waals surface area contributed by atoms with E-state index in [1.54, 1.807) is 0 Å². The van der Waals surface area contributed by atoms with Crippen molar-refractivity contribution in [2.75, 3.05) is 19.8 Å². The van der Waals surface area contributed by atoms with E-state index in [0.717, 1.165) is 42.5 Å². The van der Waals surface area contributed by atoms with E-state index in [-0.39, 0.29) is 11.9 Å². The van der Waals surface area contributed by atoms with Gasteiger partial charge < -0.3 is 14.6 Å². The van der Waals surface area contributed by atoms with Crippen molar-refractivity contribution in [2.24, 2.45) is 5.92 Å². The molecular weight excluding hydrogens is 324 g/mol. The quantitative estimate of drug-likeness (QED) is 0.684. The molecule has 1 aromatic carbocycles. The molecule has 1 heterocycles.